The Labute approximate surface area is 124 Å². The first-order chi connectivity index (χ1) is 10.5. The minimum atomic E-state index is -1.02. The van der Waals surface area contributed by atoms with Gasteiger partial charge in [-0.25, -0.2) is 4.79 Å². The first kappa shape index (κ1) is 13.7. The van der Waals surface area contributed by atoms with Crippen LogP contribution in [0, 0.1) is 17.0 Å². The molecule has 7 heteroatoms. The SMILES string of the molecule is Cc1ccc([N+](=O)[O-])cc1-c1n[nH]c2cc(C(=O)O)ccc12. The van der Waals surface area contributed by atoms with Crippen molar-refractivity contribution >= 4 is 22.6 Å². The normalized spacial score (nSPS) is 10.8. The van der Waals surface area contributed by atoms with Gasteiger partial charge in [-0.1, -0.05) is 6.07 Å². The van der Waals surface area contributed by atoms with E-state index in [1.165, 1.54) is 24.3 Å². The van der Waals surface area contributed by atoms with E-state index in [1.54, 1.807) is 12.1 Å². The van der Waals surface area contributed by atoms with Gasteiger partial charge in [0.2, 0.25) is 0 Å². The monoisotopic (exact) mass is 297 g/mol. The highest BCUT2D eigenvalue weighted by Crippen LogP contribution is 2.31. The van der Waals surface area contributed by atoms with E-state index in [0.717, 1.165) is 5.56 Å². The second-order valence-corrected chi connectivity index (χ2v) is 4.89. The molecule has 1 heterocycles. The molecule has 7 nitrogen and oxygen atoms in total. The summed E-state index contributed by atoms with van der Waals surface area (Å²) >= 11 is 0. The lowest BCUT2D eigenvalue weighted by atomic mass is 10.0. The number of aromatic carboxylic acids is 1. The molecule has 0 atom stereocenters. The van der Waals surface area contributed by atoms with Crippen LogP contribution in [0.3, 0.4) is 0 Å². The average Bonchev–Trinajstić information content (AvgIpc) is 2.90. The van der Waals surface area contributed by atoms with E-state index in [9.17, 15) is 14.9 Å². The summed E-state index contributed by atoms with van der Waals surface area (Å²) in [6.07, 6.45) is 0. The van der Waals surface area contributed by atoms with Gasteiger partial charge in [-0.2, -0.15) is 5.10 Å². The first-order valence-corrected chi connectivity index (χ1v) is 6.44. The predicted molar refractivity (Wildman–Crippen MR) is 79.9 cm³/mol. The van der Waals surface area contributed by atoms with E-state index in [0.29, 0.717) is 22.2 Å². The number of benzene rings is 2. The molecule has 3 rings (SSSR count). The summed E-state index contributed by atoms with van der Waals surface area (Å²) in [5.74, 6) is -1.02. The van der Waals surface area contributed by atoms with Crippen LogP contribution < -0.4 is 0 Å². The van der Waals surface area contributed by atoms with Crippen LogP contribution in [0.4, 0.5) is 5.69 Å². The van der Waals surface area contributed by atoms with E-state index >= 15 is 0 Å². The van der Waals surface area contributed by atoms with Gasteiger partial charge in [0, 0.05) is 23.1 Å². The summed E-state index contributed by atoms with van der Waals surface area (Å²) in [5.41, 5.74) is 2.76. The van der Waals surface area contributed by atoms with Crippen LogP contribution >= 0.6 is 0 Å². The zero-order valence-electron chi connectivity index (χ0n) is 11.5. The Balaban J connectivity index is 2.20. The van der Waals surface area contributed by atoms with Crippen LogP contribution in [0.5, 0.6) is 0 Å². The van der Waals surface area contributed by atoms with E-state index in [2.05, 4.69) is 10.2 Å². The Bertz CT molecular complexity index is 914. The molecule has 0 spiro atoms. The van der Waals surface area contributed by atoms with Crippen molar-refractivity contribution in [3.05, 3.63) is 57.6 Å². The summed E-state index contributed by atoms with van der Waals surface area (Å²) in [7, 11) is 0. The van der Waals surface area contributed by atoms with Crippen LogP contribution in [0.1, 0.15) is 15.9 Å². The molecule has 0 aliphatic heterocycles. The fraction of sp³-hybridized carbons (Fsp3) is 0.0667. The lowest BCUT2D eigenvalue weighted by molar-refractivity contribution is -0.384. The Morgan fingerprint density at radius 3 is 2.73 bits per heavy atom. The fourth-order valence-electron chi connectivity index (χ4n) is 2.34. The summed E-state index contributed by atoms with van der Waals surface area (Å²) < 4.78 is 0. The Kier molecular flexibility index (Phi) is 3.10. The van der Waals surface area contributed by atoms with Gasteiger partial charge >= 0.3 is 5.97 Å². The minimum Gasteiger partial charge on any atom is -0.478 e. The molecule has 0 saturated heterocycles. The third-order valence-electron chi connectivity index (χ3n) is 3.50. The van der Waals surface area contributed by atoms with Gasteiger partial charge in [0.05, 0.1) is 16.0 Å². The number of aromatic nitrogens is 2. The molecular formula is C15H11N3O4. The molecule has 110 valence electrons. The van der Waals surface area contributed by atoms with Crippen molar-refractivity contribution in [3.63, 3.8) is 0 Å². The number of nitrogens with one attached hydrogen (secondary N) is 1. The summed E-state index contributed by atoms with van der Waals surface area (Å²) in [5, 5.41) is 27.6. The second-order valence-electron chi connectivity index (χ2n) is 4.89. The van der Waals surface area contributed by atoms with Crippen LogP contribution in [-0.4, -0.2) is 26.2 Å². The smallest absolute Gasteiger partial charge is 0.335 e. The molecular weight excluding hydrogens is 286 g/mol. The number of aromatic amines is 1. The number of fused-ring (bicyclic) bond motifs is 1. The second kappa shape index (κ2) is 4.96. The molecule has 2 aromatic carbocycles. The van der Waals surface area contributed by atoms with Crippen LogP contribution in [0.25, 0.3) is 22.2 Å². The molecule has 22 heavy (non-hydrogen) atoms. The molecule has 0 fully saturated rings. The predicted octanol–water partition coefficient (Wildman–Crippen LogP) is 3.14. The van der Waals surface area contributed by atoms with E-state index in [4.69, 9.17) is 5.11 Å². The van der Waals surface area contributed by atoms with Crippen molar-refractivity contribution in [1.82, 2.24) is 10.2 Å². The molecule has 0 bridgehead atoms. The highest BCUT2D eigenvalue weighted by atomic mass is 16.6. The number of non-ortho nitro benzene ring substituents is 1. The Morgan fingerprint density at radius 1 is 1.27 bits per heavy atom. The third-order valence-corrected chi connectivity index (χ3v) is 3.50. The van der Waals surface area contributed by atoms with E-state index in [1.807, 2.05) is 6.92 Å². The van der Waals surface area contributed by atoms with Gasteiger partial charge < -0.3 is 5.11 Å². The average molecular weight is 297 g/mol. The molecule has 0 saturated carbocycles. The number of nitro groups is 1. The molecule has 3 aromatic rings. The topological polar surface area (TPSA) is 109 Å². The maximum absolute atomic E-state index is 11.0. The van der Waals surface area contributed by atoms with Crippen LogP contribution in [0.2, 0.25) is 0 Å². The maximum atomic E-state index is 11.0. The summed E-state index contributed by atoms with van der Waals surface area (Å²) in [4.78, 5) is 21.5. The van der Waals surface area contributed by atoms with Gasteiger partial charge in [-0.05, 0) is 30.7 Å². The van der Waals surface area contributed by atoms with Gasteiger partial charge in [-0.3, -0.25) is 15.2 Å². The van der Waals surface area contributed by atoms with Gasteiger partial charge in [0.1, 0.15) is 5.69 Å². The number of carboxylic acid groups (broad SMARTS) is 1. The highest BCUT2D eigenvalue weighted by molar-refractivity contribution is 5.98. The molecule has 2 N–H and O–H groups in total. The molecule has 0 aliphatic carbocycles. The third kappa shape index (κ3) is 2.18. The largest absolute Gasteiger partial charge is 0.478 e. The zero-order valence-corrected chi connectivity index (χ0v) is 11.5. The van der Waals surface area contributed by atoms with Crippen molar-refractivity contribution in [2.45, 2.75) is 6.92 Å². The van der Waals surface area contributed by atoms with Crippen molar-refractivity contribution in [3.8, 4) is 11.3 Å². The van der Waals surface area contributed by atoms with Gasteiger partial charge in [-0.15, -0.1) is 0 Å². The molecule has 0 radical (unpaired) electrons. The number of hydrogen-bond acceptors (Lipinski definition) is 4. The standard InChI is InChI=1S/C15H11N3O4/c1-8-2-4-10(18(21)22)7-12(8)14-11-5-3-9(15(19)20)6-13(11)16-17-14/h2-7H,1H3,(H,16,17)(H,19,20). The number of rotatable bonds is 3. The van der Waals surface area contributed by atoms with Gasteiger partial charge in [0.15, 0.2) is 0 Å². The fourth-order valence-corrected chi connectivity index (χ4v) is 2.34. The maximum Gasteiger partial charge on any atom is 0.335 e. The van der Waals surface area contributed by atoms with Gasteiger partial charge in [0.25, 0.3) is 5.69 Å². The number of carbonyl (C=O) groups is 1. The lowest BCUT2D eigenvalue weighted by Crippen LogP contribution is -1.95. The Morgan fingerprint density at radius 2 is 2.05 bits per heavy atom. The number of nitro benzene ring substituents is 1. The number of aryl methyl sites for hydroxylation is 1. The number of hydrogen-bond donors (Lipinski definition) is 2. The minimum absolute atomic E-state index is 0.0149. The van der Waals surface area contributed by atoms with Crippen molar-refractivity contribution < 1.29 is 14.8 Å². The van der Waals surface area contributed by atoms with Crippen molar-refractivity contribution in [1.29, 1.82) is 0 Å². The Hall–Kier alpha value is -3.22. The number of carboxylic acids is 1. The van der Waals surface area contributed by atoms with Crippen LogP contribution in [-0.2, 0) is 0 Å². The number of nitrogens with zero attached hydrogens (tertiary/aromatic N) is 2. The van der Waals surface area contributed by atoms with Crippen molar-refractivity contribution in [2.24, 2.45) is 0 Å². The first-order valence-electron chi connectivity index (χ1n) is 6.44. The quantitative estimate of drug-likeness (QED) is 0.570. The summed E-state index contributed by atoms with van der Waals surface area (Å²) in [6.45, 7) is 1.84. The molecule has 0 aliphatic rings. The number of H-pyrrole nitrogens is 1. The van der Waals surface area contributed by atoms with Crippen LogP contribution in [0.15, 0.2) is 36.4 Å². The van der Waals surface area contributed by atoms with E-state index in [-0.39, 0.29) is 11.3 Å². The highest BCUT2D eigenvalue weighted by Gasteiger charge is 2.16. The molecule has 0 unspecified atom stereocenters. The van der Waals surface area contributed by atoms with Crippen molar-refractivity contribution in [2.75, 3.05) is 0 Å². The van der Waals surface area contributed by atoms with E-state index < -0.39 is 10.9 Å². The summed E-state index contributed by atoms with van der Waals surface area (Å²) in [6, 6.07) is 9.19. The molecule has 1 aromatic heterocycles. The molecule has 0 amide bonds. The lowest BCUT2D eigenvalue weighted by Gasteiger charge is -2.03. The zero-order chi connectivity index (χ0) is 15.9.